The summed E-state index contributed by atoms with van der Waals surface area (Å²) in [6.45, 7) is 2.14. The first kappa shape index (κ1) is 12.5. The van der Waals surface area contributed by atoms with Gasteiger partial charge in [0.25, 0.3) is 0 Å². The molecule has 20 heavy (non-hydrogen) atoms. The van der Waals surface area contributed by atoms with E-state index >= 15 is 0 Å². The Morgan fingerprint density at radius 1 is 1.15 bits per heavy atom. The van der Waals surface area contributed by atoms with E-state index in [1.54, 1.807) is 12.4 Å². The molecule has 0 unspecified atom stereocenters. The summed E-state index contributed by atoms with van der Waals surface area (Å²) in [6, 6.07) is 10.2. The standard InChI is InChI=1S/C16H16N4/c1-3-11-6-7-14-13(9-11)16(17-2)20-15(19-14)12-5-4-8-18-10-12/h4-10H,3H2,1-2H3,(H,17,19,20). The fourth-order valence-corrected chi connectivity index (χ4v) is 2.21. The number of fused-ring (bicyclic) bond motifs is 1. The van der Waals surface area contributed by atoms with E-state index in [9.17, 15) is 0 Å². The van der Waals surface area contributed by atoms with Crippen LogP contribution in [0.4, 0.5) is 5.82 Å². The van der Waals surface area contributed by atoms with Crippen molar-refractivity contribution < 1.29 is 0 Å². The first-order chi connectivity index (χ1) is 9.81. The molecular weight excluding hydrogens is 248 g/mol. The quantitative estimate of drug-likeness (QED) is 0.788. The molecule has 0 radical (unpaired) electrons. The molecule has 0 aliphatic rings. The molecule has 0 spiro atoms. The zero-order valence-corrected chi connectivity index (χ0v) is 11.6. The Hall–Kier alpha value is -2.49. The smallest absolute Gasteiger partial charge is 0.163 e. The van der Waals surface area contributed by atoms with E-state index in [0.717, 1.165) is 28.7 Å². The molecule has 2 aromatic heterocycles. The zero-order valence-electron chi connectivity index (χ0n) is 11.6. The molecule has 3 rings (SSSR count). The van der Waals surface area contributed by atoms with Crippen molar-refractivity contribution in [1.82, 2.24) is 15.0 Å². The van der Waals surface area contributed by atoms with Crippen molar-refractivity contribution in [2.75, 3.05) is 12.4 Å². The molecule has 1 aromatic carbocycles. The number of nitrogens with zero attached hydrogens (tertiary/aromatic N) is 3. The molecule has 1 N–H and O–H groups in total. The van der Waals surface area contributed by atoms with Gasteiger partial charge < -0.3 is 5.32 Å². The van der Waals surface area contributed by atoms with Crippen molar-refractivity contribution in [2.24, 2.45) is 0 Å². The van der Waals surface area contributed by atoms with Crippen LogP contribution in [0.3, 0.4) is 0 Å². The predicted octanol–water partition coefficient (Wildman–Crippen LogP) is 3.30. The van der Waals surface area contributed by atoms with Gasteiger partial charge in [0.05, 0.1) is 5.52 Å². The van der Waals surface area contributed by atoms with E-state index in [2.05, 4.69) is 45.4 Å². The molecule has 4 heteroatoms. The van der Waals surface area contributed by atoms with E-state index in [1.807, 2.05) is 19.2 Å². The maximum absolute atomic E-state index is 4.64. The highest BCUT2D eigenvalue weighted by Gasteiger charge is 2.09. The molecule has 0 saturated heterocycles. The lowest BCUT2D eigenvalue weighted by atomic mass is 10.1. The normalized spacial score (nSPS) is 10.7. The minimum Gasteiger partial charge on any atom is -0.373 e. The maximum Gasteiger partial charge on any atom is 0.163 e. The van der Waals surface area contributed by atoms with Gasteiger partial charge in [0, 0.05) is 30.4 Å². The van der Waals surface area contributed by atoms with Crippen molar-refractivity contribution in [3.8, 4) is 11.4 Å². The van der Waals surface area contributed by atoms with Crippen molar-refractivity contribution in [3.05, 3.63) is 48.3 Å². The van der Waals surface area contributed by atoms with E-state index in [1.165, 1.54) is 5.56 Å². The number of aryl methyl sites for hydroxylation is 1. The van der Waals surface area contributed by atoms with E-state index < -0.39 is 0 Å². The fourth-order valence-electron chi connectivity index (χ4n) is 2.21. The Morgan fingerprint density at radius 3 is 2.75 bits per heavy atom. The number of anilines is 1. The maximum atomic E-state index is 4.64. The second kappa shape index (κ2) is 5.25. The highest BCUT2D eigenvalue weighted by Crippen LogP contribution is 2.25. The highest BCUT2D eigenvalue weighted by molar-refractivity contribution is 5.91. The number of aromatic nitrogens is 3. The third kappa shape index (κ3) is 2.20. The number of hydrogen-bond donors (Lipinski definition) is 1. The van der Waals surface area contributed by atoms with Crippen molar-refractivity contribution in [2.45, 2.75) is 13.3 Å². The second-order valence-corrected chi connectivity index (χ2v) is 4.59. The molecule has 0 fully saturated rings. The lowest BCUT2D eigenvalue weighted by Gasteiger charge is -2.09. The molecule has 0 saturated carbocycles. The van der Waals surface area contributed by atoms with Crippen LogP contribution in [0.1, 0.15) is 12.5 Å². The average molecular weight is 264 g/mol. The number of rotatable bonds is 3. The SMILES string of the molecule is CCc1ccc2nc(-c3cccnc3)nc(NC)c2c1. The van der Waals surface area contributed by atoms with Gasteiger partial charge in [-0.1, -0.05) is 13.0 Å². The van der Waals surface area contributed by atoms with Crippen LogP contribution in [0.5, 0.6) is 0 Å². The van der Waals surface area contributed by atoms with Crippen LogP contribution < -0.4 is 5.32 Å². The summed E-state index contributed by atoms with van der Waals surface area (Å²) in [6.07, 6.45) is 4.53. The van der Waals surface area contributed by atoms with E-state index in [4.69, 9.17) is 0 Å². The summed E-state index contributed by atoms with van der Waals surface area (Å²) in [5, 5.41) is 4.21. The molecule has 2 heterocycles. The average Bonchev–Trinajstić information content (AvgIpc) is 2.54. The third-order valence-corrected chi connectivity index (χ3v) is 3.32. The number of nitrogens with one attached hydrogen (secondary N) is 1. The van der Waals surface area contributed by atoms with Gasteiger partial charge in [-0.05, 0) is 36.2 Å². The Labute approximate surface area is 117 Å². The molecule has 0 bridgehead atoms. The van der Waals surface area contributed by atoms with Crippen LogP contribution in [-0.4, -0.2) is 22.0 Å². The van der Waals surface area contributed by atoms with Crippen molar-refractivity contribution in [3.63, 3.8) is 0 Å². The molecule has 0 aliphatic heterocycles. The Kier molecular flexibility index (Phi) is 3.29. The Bertz CT molecular complexity index is 738. The first-order valence-electron chi connectivity index (χ1n) is 6.70. The van der Waals surface area contributed by atoms with Gasteiger partial charge in [-0.15, -0.1) is 0 Å². The first-order valence-corrected chi connectivity index (χ1v) is 6.70. The van der Waals surface area contributed by atoms with Gasteiger partial charge in [-0.3, -0.25) is 4.98 Å². The van der Waals surface area contributed by atoms with E-state index in [0.29, 0.717) is 5.82 Å². The summed E-state index contributed by atoms with van der Waals surface area (Å²) in [4.78, 5) is 13.4. The van der Waals surface area contributed by atoms with Gasteiger partial charge >= 0.3 is 0 Å². The van der Waals surface area contributed by atoms with Crippen molar-refractivity contribution >= 4 is 16.7 Å². The molecule has 4 nitrogen and oxygen atoms in total. The van der Waals surface area contributed by atoms with Gasteiger partial charge in [0.2, 0.25) is 0 Å². The lowest BCUT2D eigenvalue weighted by Crippen LogP contribution is -1.99. The monoisotopic (exact) mass is 264 g/mol. The van der Waals surface area contributed by atoms with Gasteiger partial charge in [-0.25, -0.2) is 9.97 Å². The summed E-state index contributed by atoms with van der Waals surface area (Å²) in [5.41, 5.74) is 3.15. The third-order valence-electron chi connectivity index (χ3n) is 3.32. The van der Waals surface area contributed by atoms with Crippen LogP contribution in [0, 0.1) is 0 Å². The van der Waals surface area contributed by atoms with Crippen LogP contribution in [0.2, 0.25) is 0 Å². The molecule has 100 valence electrons. The molecular formula is C16H16N4. The minimum atomic E-state index is 0.694. The van der Waals surface area contributed by atoms with Crippen molar-refractivity contribution in [1.29, 1.82) is 0 Å². The summed E-state index contributed by atoms with van der Waals surface area (Å²) >= 11 is 0. The zero-order chi connectivity index (χ0) is 13.9. The summed E-state index contributed by atoms with van der Waals surface area (Å²) in [7, 11) is 1.88. The molecule has 0 amide bonds. The lowest BCUT2D eigenvalue weighted by molar-refractivity contribution is 1.14. The molecule has 0 atom stereocenters. The summed E-state index contributed by atoms with van der Waals surface area (Å²) in [5.74, 6) is 1.54. The predicted molar refractivity (Wildman–Crippen MR) is 81.7 cm³/mol. The Morgan fingerprint density at radius 2 is 2.05 bits per heavy atom. The topological polar surface area (TPSA) is 50.7 Å². The second-order valence-electron chi connectivity index (χ2n) is 4.59. The van der Waals surface area contributed by atoms with Gasteiger partial charge in [0.1, 0.15) is 5.82 Å². The van der Waals surface area contributed by atoms with Crippen LogP contribution in [-0.2, 0) is 6.42 Å². The number of hydrogen-bond acceptors (Lipinski definition) is 4. The van der Waals surface area contributed by atoms with Gasteiger partial charge in [0.15, 0.2) is 5.82 Å². The van der Waals surface area contributed by atoms with Gasteiger partial charge in [-0.2, -0.15) is 0 Å². The van der Waals surface area contributed by atoms with E-state index in [-0.39, 0.29) is 0 Å². The number of pyridine rings is 1. The minimum absolute atomic E-state index is 0.694. The van der Waals surface area contributed by atoms with Crippen LogP contribution >= 0.6 is 0 Å². The fraction of sp³-hybridized carbons (Fsp3) is 0.188. The number of benzene rings is 1. The van der Waals surface area contributed by atoms with Crippen LogP contribution in [0.15, 0.2) is 42.7 Å². The largest absolute Gasteiger partial charge is 0.373 e. The highest BCUT2D eigenvalue weighted by atomic mass is 15.0. The molecule has 0 aliphatic carbocycles. The summed E-state index contributed by atoms with van der Waals surface area (Å²) < 4.78 is 0. The molecule has 3 aromatic rings. The van der Waals surface area contributed by atoms with Crippen LogP contribution in [0.25, 0.3) is 22.3 Å². The Balaban J connectivity index is 2.22.